The Morgan fingerprint density at radius 1 is 1.60 bits per heavy atom. The molecule has 0 radical (unpaired) electrons. The van der Waals surface area contributed by atoms with E-state index in [0.717, 1.165) is 32.3 Å². The molecule has 1 aromatic rings. The van der Waals surface area contributed by atoms with Crippen molar-refractivity contribution in [2.24, 2.45) is 5.92 Å². The van der Waals surface area contributed by atoms with Crippen molar-refractivity contribution in [3.8, 4) is 0 Å². The lowest BCUT2D eigenvalue weighted by atomic mass is 10.1. The Morgan fingerprint density at radius 2 is 2.45 bits per heavy atom. The van der Waals surface area contributed by atoms with Gasteiger partial charge in [0.2, 0.25) is 0 Å². The zero-order chi connectivity index (χ0) is 14.4. The van der Waals surface area contributed by atoms with Gasteiger partial charge in [-0.1, -0.05) is 13.3 Å². The fraction of sp³-hybridized carbons (Fsp3) is 0.643. The lowest BCUT2D eigenvalue weighted by Crippen LogP contribution is -2.32. The van der Waals surface area contributed by atoms with E-state index in [2.05, 4.69) is 27.1 Å². The van der Waals surface area contributed by atoms with E-state index >= 15 is 0 Å². The van der Waals surface area contributed by atoms with Crippen LogP contribution in [0.3, 0.4) is 0 Å². The van der Waals surface area contributed by atoms with Crippen molar-refractivity contribution >= 4 is 5.91 Å². The minimum atomic E-state index is -0.302. The third-order valence-corrected chi connectivity index (χ3v) is 3.65. The van der Waals surface area contributed by atoms with E-state index in [0.29, 0.717) is 12.5 Å². The van der Waals surface area contributed by atoms with Crippen molar-refractivity contribution < 1.29 is 4.79 Å². The molecule has 2 heterocycles. The second kappa shape index (κ2) is 7.19. The highest BCUT2D eigenvalue weighted by Crippen LogP contribution is 2.15. The van der Waals surface area contributed by atoms with E-state index in [1.54, 1.807) is 0 Å². The van der Waals surface area contributed by atoms with Crippen molar-refractivity contribution in [2.75, 3.05) is 26.2 Å². The molecule has 1 atom stereocenters. The Labute approximate surface area is 118 Å². The minimum Gasteiger partial charge on any atom is -0.350 e. The number of nitrogens with zero attached hydrogens (tertiary/aromatic N) is 2. The Bertz CT molecular complexity index is 480. The topological polar surface area (TPSA) is 78.1 Å². The van der Waals surface area contributed by atoms with Crippen LogP contribution in [0.2, 0.25) is 0 Å². The van der Waals surface area contributed by atoms with Gasteiger partial charge in [0.1, 0.15) is 5.69 Å². The summed E-state index contributed by atoms with van der Waals surface area (Å²) in [4.78, 5) is 31.5. The number of aromatic amines is 1. The quantitative estimate of drug-likeness (QED) is 0.799. The van der Waals surface area contributed by atoms with Crippen molar-refractivity contribution in [3.63, 3.8) is 0 Å². The molecule has 6 heteroatoms. The maximum Gasteiger partial charge on any atom is 0.271 e. The SMILES string of the molecule is CCCCN1CCC(CNC(=O)c2c[nH]c(=O)cn2)C1. The van der Waals surface area contributed by atoms with Crippen LogP contribution in [-0.4, -0.2) is 47.0 Å². The van der Waals surface area contributed by atoms with Gasteiger partial charge < -0.3 is 15.2 Å². The maximum atomic E-state index is 11.9. The van der Waals surface area contributed by atoms with Crippen molar-refractivity contribution in [1.29, 1.82) is 0 Å². The molecule has 0 spiro atoms. The molecule has 0 saturated carbocycles. The third kappa shape index (κ3) is 4.16. The van der Waals surface area contributed by atoms with Crippen LogP contribution in [0.5, 0.6) is 0 Å². The molecule has 1 amide bonds. The van der Waals surface area contributed by atoms with Gasteiger partial charge in [0.05, 0.1) is 6.20 Å². The number of hydrogen-bond donors (Lipinski definition) is 2. The first-order chi connectivity index (χ1) is 9.69. The van der Waals surface area contributed by atoms with E-state index in [9.17, 15) is 9.59 Å². The van der Waals surface area contributed by atoms with Gasteiger partial charge in [-0.3, -0.25) is 9.59 Å². The molecular formula is C14H22N4O2. The second-order valence-corrected chi connectivity index (χ2v) is 5.32. The molecule has 2 rings (SSSR count). The highest BCUT2D eigenvalue weighted by Gasteiger charge is 2.22. The van der Waals surface area contributed by atoms with E-state index in [-0.39, 0.29) is 17.2 Å². The Hall–Kier alpha value is -1.69. The van der Waals surface area contributed by atoms with Gasteiger partial charge >= 0.3 is 0 Å². The first-order valence-corrected chi connectivity index (χ1v) is 7.24. The average molecular weight is 278 g/mol. The Morgan fingerprint density at radius 3 is 3.15 bits per heavy atom. The summed E-state index contributed by atoms with van der Waals surface area (Å²) in [6, 6.07) is 0. The monoisotopic (exact) mass is 278 g/mol. The van der Waals surface area contributed by atoms with Gasteiger partial charge in [0.15, 0.2) is 0 Å². The first kappa shape index (κ1) is 14.7. The van der Waals surface area contributed by atoms with Crippen LogP contribution in [0, 0.1) is 5.92 Å². The number of H-pyrrole nitrogens is 1. The van der Waals surface area contributed by atoms with Crippen molar-refractivity contribution in [3.05, 3.63) is 28.4 Å². The number of rotatable bonds is 6. The molecule has 1 fully saturated rings. The van der Waals surface area contributed by atoms with Crippen LogP contribution >= 0.6 is 0 Å². The van der Waals surface area contributed by atoms with Crippen LogP contribution in [0.15, 0.2) is 17.2 Å². The average Bonchev–Trinajstić information content (AvgIpc) is 2.91. The normalized spacial score (nSPS) is 19.1. The van der Waals surface area contributed by atoms with Gasteiger partial charge in [0.25, 0.3) is 11.5 Å². The lowest BCUT2D eigenvalue weighted by Gasteiger charge is -2.15. The number of unbranched alkanes of at least 4 members (excludes halogenated alkanes) is 1. The van der Waals surface area contributed by atoms with Gasteiger partial charge in [-0.15, -0.1) is 0 Å². The van der Waals surface area contributed by atoms with Gasteiger partial charge in [-0.05, 0) is 31.8 Å². The van der Waals surface area contributed by atoms with Crippen LogP contribution in [-0.2, 0) is 0 Å². The number of carbonyl (C=O) groups is 1. The molecule has 1 aliphatic rings. The molecule has 0 aromatic carbocycles. The van der Waals surface area contributed by atoms with E-state index < -0.39 is 0 Å². The summed E-state index contributed by atoms with van der Waals surface area (Å²) in [5, 5.41) is 2.89. The number of hydrogen-bond acceptors (Lipinski definition) is 4. The van der Waals surface area contributed by atoms with Gasteiger partial charge in [0, 0.05) is 19.3 Å². The molecule has 0 bridgehead atoms. The first-order valence-electron chi connectivity index (χ1n) is 7.24. The molecule has 1 unspecified atom stereocenters. The number of nitrogens with one attached hydrogen (secondary N) is 2. The summed E-state index contributed by atoms with van der Waals surface area (Å²) >= 11 is 0. The zero-order valence-corrected chi connectivity index (χ0v) is 11.9. The van der Waals surface area contributed by atoms with Crippen LogP contribution < -0.4 is 10.9 Å². The van der Waals surface area contributed by atoms with E-state index in [4.69, 9.17) is 0 Å². The van der Waals surface area contributed by atoms with Crippen LogP contribution in [0.25, 0.3) is 0 Å². The predicted octanol–water partition coefficient (Wildman–Crippen LogP) is 0.622. The molecule has 2 N–H and O–H groups in total. The summed E-state index contributed by atoms with van der Waals surface area (Å²) in [5.41, 5.74) is -0.0469. The highest BCUT2D eigenvalue weighted by atomic mass is 16.2. The maximum absolute atomic E-state index is 11.9. The second-order valence-electron chi connectivity index (χ2n) is 5.32. The minimum absolute atomic E-state index is 0.228. The molecule has 1 aliphatic heterocycles. The predicted molar refractivity (Wildman–Crippen MR) is 76.6 cm³/mol. The van der Waals surface area contributed by atoms with Crippen LogP contribution in [0.4, 0.5) is 0 Å². The third-order valence-electron chi connectivity index (χ3n) is 3.65. The molecule has 1 aromatic heterocycles. The fourth-order valence-electron chi connectivity index (χ4n) is 2.46. The summed E-state index contributed by atoms with van der Waals surface area (Å²) in [6.45, 7) is 6.20. The summed E-state index contributed by atoms with van der Waals surface area (Å²) < 4.78 is 0. The molecule has 6 nitrogen and oxygen atoms in total. The molecule has 0 aliphatic carbocycles. The Kier molecular flexibility index (Phi) is 5.29. The summed E-state index contributed by atoms with van der Waals surface area (Å²) in [6.07, 6.45) is 6.05. The number of carbonyl (C=O) groups excluding carboxylic acids is 1. The zero-order valence-electron chi connectivity index (χ0n) is 11.9. The Balaban J connectivity index is 1.74. The van der Waals surface area contributed by atoms with Gasteiger partial charge in [-0.2, -0.15) is 0 Å². The molecular weight excluding hydrogens is 256 g/mol. The van der Waals surface area contributed by atoms with Gasteiger partial charge in [-0.25, -0.2) is 4.98 Å². The summed E-state index contributed by atoms with van der Waals surface area (Å²) in [5.74, 6) is 0.284. The van der Waals surface area contributed by atoms with Crippen LogP contribution in [0.1, 0.15) is 36.7 Å². The fourth-order valence-corrected chi connectivity index (χ4v) is 2.46. The molecule has 20 heavy (non-hydrogen) atoms. The van der Waals surface area contributed by atoms with Crippen molar-refractivity contribution in [1.82, 2.24) is 20.2 Å². The number of aromatic nitrogens is 2. The number of likely N-dealkylation sites (tertiary alicyclic amines) is 1. The smallest absolute Gasteiger partial charge is 0.271 e. The lowest BCUT2D eigenvalue weighted by molar-refractivity contribution is 0.0942. The van der Waals surface area contributed by atoms with E-state index in [1.165, 1.54) is 19.0 Å². The molecule has 110 valence electrons. The number of amides is 1. The largest absolute Gasteiger partial charge is 0.350 e. The molecule has 1 saturated heterocycles. The summed E-state index contributed by atoms with van der Waals surface area (Å²) in [7, 11) is 0. The standard InChI is InChI=1S/C14H22N4O2/c1-2-3-5-18-6-4-11(10-18)7-17-14(20)12-8-16-13(19)9-15-12/h8-9,11H,2-7,10H2,1H3,(H,16,19)(H,17,20). The van der Waals surface area contributed by atoms with Crippen molar-refractivity contribution in [2.45, 2.75) is 26.2 Å². The highest BCUT2D eigenvalue weighted by molar-refractivity contribution is 5.91. The van der Waals surface area contributed by atoms with E-state index in [1.807, 2.05) is 0 Å².